The van der Waals surface area contributed by atoms with E-state index in [-0.39, 0.29) is 0 Å². The van der Waals surface area contributed by atoms with E-state index in [2.05, 4.69) is 240 Å². The number of nitrogens with zero attached hydrogens (tertiary/aromatic N) is 2. The first-order valence-corrected chi connectivity index (χ1v) is 20.1. The lowest BCUT2D eigenvalue weighted by atomic mass is 10.0. The Labute approximate surface area is 343 Å². The molecule has 3 nitrogen and oxygen atoms in total. The van der Waals surface area contributed by atoms with Gasteiger partial charge in [0.25, 0.3) is 0 Å². The summed E-state index contributed by atoms with van der Waals surface area (Å²) < 4.78 is 6.82. The molecule has 1 heterocycles. The zero-order valence-corrected chi connectivity index (χ0v) is 32.2. The minimum atomic E-state index is 0.839. The minimum Gasteiger partial charge on any atom is -0.456 e. The Morgan fingerprint density at radius 2 is 0.559 bits per heavy atom. The Balaban J connectivity index is 1.02. The van der Waals surface area contributed by atoms with Gasteiger partial charge in [-0.25, -0.2) is 0 Å². The highest BCUT2D eigenvalue weighted by Crippen LogP contribution is 2.43. The number of anilines is 6. The molecule has 1 aromatic heterocycles. The summed E-state index contributed by atoms with van der Waals surface area (Å²) in [6, 6.07) is 82.3. The molecule has 3 heteroatoms. The Kier molecular flexibility index (Phi) is 8.49. The van der Waals surface area contributed by atoms with Crippen molar-refractivity contribution in [3.8, 4) is 22.3 Å². The van der Waals surface area contributed by atoms with Crippen molar-refractivity contribution >= 4 is 77.6 Å². The van der Waals surface area contributed by atoms with Gasteiger partial charge in [0, 0.05) is 57.0 Å². The van der Waals surface area contributed by atoms with Gasteiger partial charge in [0.2, 0.25) is 0 Å². The van der Waals surface area contributed by atoms with Crippen molar-refractivity contribution in [1.82, 2.24) is 0 Å². The third-order valence-electron chi connectivity index (χ3n) is 11.4. The Bertz CT molecular complexity index is 3040. The first kappa shape index (κ1) is 34.4. The fourth-order valence-electron chi connectivity index (χ4n) is 8.43. The smallest absolute Gasteiger partial charge is 0.137 e. The second kappa shape index (κ2) is 14.6. The summed E-state index contributed by atoms with van der Waals surface area (Å²) in [6.45, 7) is 0. The monoisotopic (exact) mass is 754 g/mol. The van der Waals surface area contributed by atoms with Gasteiger partial charge in [0.15, 0.2) is 0 Å². The summed E-state index contributed by atoms with van der Waals surface area (Å²) >= 11 is 0. The summed E-state index contributed by atoms with van der Waals surface area (Å²) in [4.78, 5) is 4.64. The van der Waals surface area contributed by atoms with Crippen molar-refractivity contribution in [3.63, 3.8) is 0 Å². The molecule has 0 saturated carbocycles. The van der Waals surface area contributed by atoms with Crippen LogP contribution in [0.15, 0.2) is 235 Å². The summed E-state index contributed by atoms with van der Waals surface area (Å²) in [5.74, 6) is 0. The fraction of sp³-hybridized carbons (Fsp3) is 0. The third-order valence-corrected chi connectivity index (χ3v) is 11.4. The molecule has 59 heavy (non-hydrogen) atoms. The van der Waals surface area contributed by atoms with Gasteiger partial charge in [0.05, 0.1) is 0 Å². The number of hydrogen-bond donors (Lipinski definition) is 0. The van der Waals surface area contributed by atoms with Crippen molar-refractivity contribution in [1.29, 1.82) is 0 Å². The van der Waals surface area contributed by atoms with E-state index >= 15 is 0 Å². The first-order chi connectivity index (χ1) is 29.2. The number of furan rings is 1. The quantitative estimate of drug-likeness (QED) is 0.154. The molecule has 0 fully saturated rings. The van der Waals surface area contributed by atoms with Crippen LogP contribution in [-0.2, 0) is 0 Å². The molecule has 278 valence electrons. The number of hydrogen-bond acceptors (Lipinski definition) is 3. The van der Waals surface area contributed by atoms with Gasteiger partial charge >= 0.3 is 0 Å². The topological polar surface area (TPSA) is 19.6 Å². The second-order valence-corrected chi connectivity index (χ2v) is 15.0. The van der Waals surface area contributed by atoms with Gasteiger partial charge < -0.3 is 14.2 Å². The molecular weight excluding hydrogens is 717 g/mol. The van der Waals surface area contributed by atoms with Gasteiger partial charge in [-0.2, -0.15) is 0 Å². The van der Waals surface area contributed by atoms with Crippen molar-refractivity contribution in [2.24, 2.45) is 0 Å². The van der Waals surface area contributed by atoms with E-state index in [4.69, 9.17) is 4.42 Å². The molecule has 0 saturated heterocycles. The van der Waals surface area contributed by atoms with Crippen LogP contribution >= 0.6 is 0 Å². The maximum Gasteiger partial charge on any atom is 0.137 e. The average molecular weight is 755 g/mol. The van der Waals surface area contributed by atoms with E-state index in [1.165, 1.54) is 43.8 Å². The lowest BCUT2D eigenvalue weighted by Crippen LogP contribution is -2.09. The largest absolute Gasteiger partial charge is 0.456 e. The summed E-state index contributed by atoms with van der Waals surface area (Å²) in [7, 11) is 0. The van der Waals surface area contributed by atoms with Crippen LogP contribution in [0.3, 0.4) is 0 Å². The maximum absolute atomic E-state index is 6.82. The molecule has 0 N–H and O–H groups in total. The normalized spacial score (nSPS) is 11.4. The van der Waals surface area contributed by atoms with Crippen LogP contribution in [0.5, 0.6) is 0 Å². The van der Waals surface area contributed by atoms with Gasteiger partial charge in [-0.05, 0) is 117 Å². The van der Waals surface area contributed by atoms with Crippen molar-refractivity contribution < 1.29 is 4.42 Å². The zero-order chi connectivity index (χ0) is 39.1. The van der Waals surface area contributed by atoms with Crippen LogP contribution in [-0.4, -0.2) is 0 Å². The van der Waals surface area contributed by atoms with E-state index in [1.807, 2.05) is 0 Å². The Hall–Kier alpha value is -7.88. The highest BCUT2D eigenvalue weighted by molar-refractivity contribution is 6.07. The molecule has 0 aliphatic rings. The van der Waals surface area contributed by atoms with E-state index in [1.54, 1.807) is 0 Å². The first-order valence-electron chi connectivity index (χ1n) is 20.1. The minimum absolute atomic E-state index is 0.839. The highest BCUT2D eigenvalue weighted by atomic mass is 16.3. The van der Waals surface area contributed by atoms with E-state index < -0.39 is 0 Å². The van der Waals surface area contributed by atoms with Crippen molar-refractivity contribution in [3.05, 3.63) is 231 Å². The average Bonchev–Trinajstić information content (AvgIpc) is 3.67. The molecule has 0 radical (unpaired) electrons. The van der Waals surface area contributed by atoms with Crippen molar-refractivity contribution in [2.45, 2.75) is 0 Å². The van der Waals surface area contributed by atoms with Crippen LogP contribution < -0.4 is 9.80 Å². The number of fused-ring (bicyclic) bond motifs is 5. The van der Waals surface area contributed by atoms with Gasteiger partial charge in [-0.1, -0.05) is 146 Å². The standard InChI is InChI=1S/C56H38N2O/c1-3-11-39(12-4-1)43-19-25-47(26-20-43)57(49-29-23-41-15-7-9-17-45(41)35-49)51-31-33-53-54-34-32-52(38-56(54)59-55(53)37-51)58(50-30-24-42-16-8-10-18-46(42)36-50)48-27-21-44(22-28-48)40-13-5-2-6-14-40/h1-38H. The van der Waals surface area contributed by atoms with E-state index in [9.17, 15) is 0 Å². The molecule has 11 rings (SSSR count). The molecule has 0 atom stereocenters. The van der Waals surface area contributed by atoms with E-state index in [0.29, 0.717) is 0 Å². The van der Waals surface area contributed by atoms with Gasteiger partial charge in [0.1, 0.15) is 11.2 Å². The summed E-state index contributed by atoms with van der Waals surface area (Å²) in [5, 5.41) is 6.97. The van der Waals surface area contributed by atoms with Crippen LogP contribution in [0.1, 0.15) is 0 Å². The summed E-state index contributed by atoms with van der Waals surface area (Å²) in [6.07, 6.45) is 0. The van der Waals surface area contributed by atoms with Crippen molar-refractivity contribution in [2.75, 3.05) is 9.80 Å². The van der Waals surface area contributed by atoms with Crippen LogP contribution in [0.2, 0.25) is 0 Å². The zero-order valence-electron chi connectivity index (χ0n) is 32.2. The van der Waals surface area contributed by atoms with Crippen LogP contribution in [0, 0.1) is 0 Å². The molecule has 0 amide bonds. The maximum atomic E-state index is 6.82. The lowest BCUT2D eigenvalue weighted by molar-refractivity contribution is 0.669. The highest BCUT2D eigenvalue weighted by Gasteiger charge is 2.19. The predicted octanol–water partition coefficient (Wildman–Crippen LogP) is 16.2. The van der Waals surface area contributed by atoms with Crippen LogP contribution in [0.25, 0.3) is 65.7 Å². The molecule has 10 aromatic carbocycles. The van der Waals surface area contributed by atoms with E-state index in [0.717, 1.165) is 56.1 Å². The fourth-order valence-corrected chi connectivity index (χ4v) is 8.43. The summed E-state index contributed by atoms with van der Waals surface area (Å²) in [5.41, 5.74) is 12.8. The third kappa shape index (κ3) is 6.45. The van der Waals surface area contributed by atoms with Crippen LogP contribution in [0.4, 0.5) is 34.1 Å². The molecule has 11 aromatic rings. The predicted molar refractivity (Wildman–Crippen MR) is 249 cm³/mol. The molecule has 0 aliphatic heterocycles. The lowest BCUT2D eigenvalue weighted by Gasteiger charge is -2.26. The Morgan fingerprint density at radius 1 is 0.237 bits per heavy atom. The van der Waals surface area contributed by atoms with Gasteiger partial charge in [-0.15, -0.1) is 0 Å². The number of rotatable bonds is 8. The molecule has 0 unspecified atom stereocenters. The molecular formula is C56H38N2O. The SMILES string of the molecule is c1ccc(-c2ccc(N(c3ccc4ccccc4c3)c3ccc4c(c3)oc3cc(N(c5ccc(-c6ccccc6)cc5)c5ccc6ccccc6c5)ccc34)cc2)cc1. The molecule has 0 aliphatic carbocycles. The Morgan fingerprint density at radius 3 is 0.983 bits per heavy atom. The molecule has 0 spiro atoms. The molecule has 0 bridgehead atoms. The number of benzene rings is 10. The second-order valence-electron chi connectivity index (χ2n) is 15.0. The van der Waals surface area contributed by atoms with Gasteiger partial charge in [-0.3, -0.25) is 0 Å².